The Kier molecular flexibility index (Phi) is 8.19. The summed E-state index contributed by atoms with van der Waals surface area (Å²) in [4.78, 5) is 28.1. The number of nitrogens with one attached hydrogen (secondary N) is 1. The standard InChI is InChI=1S/C24H29N4O8PS/c1-14(21(30)33-3)27-37(38,36-17-10-6-8-15-7-4-5-9-16(15)17)34-13-18-20(29)24(2,32)22(35-18)28-12-11-19(25)26-23(28)31/h4-12,14,18,20,22,29,32H,13H2,1-3H3,(H,27,38)(H2,25,26,31)/t14?,18-,20?,22-,24?,37?/m1/s1. The Morgan fingerprint density at radius 3 is 2.74 bits per heavy atom. The van der Waals surface area contributed by atoms with Gasteiger partial charge in [-0.25, -0.2) is 9.88 Å². The molecular formula is C24H29N4O8PS. The molecule has 38 heavy (non-hydrogen) atoms. The Balaban J connectivity index is 1.59. The van der Waals surface area contributed by atoms with Crippen molar-refractivity contribution < 1.29 is 33.5 Å². The highest BCUT2D eigenvalue weighted by Crippen LogP contribution is 2.48. The number of hydrogen-bond donors (Lipinski definition) is 4. The van der Waals surface area contributed by atoms with Gasteiger partial charge in [0.15, 0.2) is 6.23 Å². The summed E-state index contributed by atoms with van der Waals surface area (Å²) in [5, 5.41) is 26.4. The van der Waals surface area contributed by atoms with Crippen LogP contribution < -0.4 is 21.0 Å². The second-order valence-electron chi connectivity index (χ2n) is 8.98. The molecule has 4 rings (SSSR count). The number of nitrogens with two attached hydrogens (primary N) is 1. The quantitative estimate of drug-likeness (QED) is 0.219. The van der Waals surface area contributed by atoms with E-state index in [0.717, 1.165) is 15.3 Å². The van der Waals surface area contributed by atoms with E-state index in [1.54, 1.807) is 19.1 Å². The number of ether oxygens (including phenoxy) is 2. The van der Waals surface area contributed by atoms with E-state index in [-0.39, 0.29) is 12.4 Å². The SMILES string of the molecule is COC(=O)C(C)NP(=S)(OC[C@H]1O[C@@H](n2ccc(N)nc2=O)C(C)(O)C1O)Oc1cccc2ccccc12. The molecule has 4 unspecified atom stereocenters. The van der Waals surface area contributed by atoms with Crippen molar-refractivity contribution in [1.29, 1.82) is 0 Å². The molecule has 0 spiro atoms. The highest BCUT2D eigenvalue weighted by molar-refractivity contribution is 8.09. The number of anilines is 1. The van der Waals surface area contributed by atoms with Gasteiger partial charge in [-0.05, 0) is 43.2 Å². The van der Waals surface area contributed by atoms with E-state index in [0.29, 0.717) is 5.75 Å². The summed E-state index contributed by atoms with van der Waals surface area (Å²) in [6.07, 6.45) is -2.57. The molecule has 0 bridgehead atoms. The molecule has 0 aliphatic carbocycles. The Morgan fingerprint density at radius 1 is 1.32 bits per heavy atom. The van der Waals surface area contributed by atoms with Gasteiger partial charge in [-0.15, -0.1) is 0 Å². The van der Waals surface area contributed by atoms with Crippen LogP contribution in [0.3, 0.4) is 0 Å². The van der Waals surface area contributed by atoms with Crippen LogP contribution in [0.4, 0.5) is 5.82 Å². The maximum Gasteiger partial charge on any atom is 0.351 e. The van der Waals surface area contributed by atoms with Crippen molar-refractivity contribution in [2.24, 2.45) is 0 Å². The molecule has 2 aromatic carbocycles. The Morgan fingerprint density at radius 2 is 2.03 bits per heavy atom. The van der Waals surface area contributed by atoms with Crippen LogP contribution >= 0.6 is 6.64 Å². The van der Waals surface area contributed by atoms with Crippen molar-refractivity contribution in [3.8, 4) is 5.75 Å². The number of methoxy groups -OCH3 is 1. The second kappa shape index (κ2) is 11.1. The maximum absolute atomic E-state index is 12.4. The van der Waals surface area contributed by atoms with Crippen molar-refractivity contribution in [2.75, 3.05) is 19.5 Å². The van der Waals surface area contributed by atoms with Crippen LogP contribution in [-0.2, 0) is 30.6 Å². The number of nitrogens with zero attached hydrogens (tertiary/aromatic N) is 2. The summed E-state index contributed by atoms with van der Waals surface area (Å²) < 4.78 is 23.8. The normalized spacial score (nSPS) is 25.6. The number of nitrogen functional groups attached to an aromatic ring is 1. The topological polar surface area (TPSA) is 167 Å². The summed E-state index contributed by atoms with van der Waals surface area (Å²) in [5.74, 6) is -0.158. The molecule has 5 N–H and O–H groups in total. The lowest BCUT2D eigenvalue weighted by Gasteiger charge is -2.28. The van der Waals surface area contributed by atoms with Crippen molar-refractivity contribution in [2.45, 2.75) is 43.9 Å². The van der Waals surface area contributed by atoms with E-state index in [4.69, 9.17) is 36.1 Å². The third-order valence-electron chi connectivity index (χ3n) is 6.14. The van der Waals surface area contributed by atoms with Gasteiger partial charge in [0.1, 0.15) is 35.4 Å². The predicted molar refractivity (Wildman–Crippen MR) is 143 cm³/mol. The minimum Gasteiger partial charge on any atom is -0.468 e. The van der Waals surface area contributed by atoms with Gasteiger partial charge < -0.3 is 34.5 Å². The molecule has 2 heterocycles. The lowest BCUT2D eigenvalue weighted by Crippen LogP contribution is -2.46. The van der Waals surface area contributed by atoms with Crippen LogP contribution in [0.15, 0.2) is 59.5 Å². The first-order valence-corrected chi connectivity index (χ1v) is 14.3. The van der Waals surface area contributed by atoms with E-state index in [2.05, 4.69) is 10.1 Å². The number of carbonyl (C=O) groups excluding carboxylic acids is 1. The number of aliphatic hydroxyl groups is 2. The van der Waals surface area contributed by atoms with Gasteiger partial charge in [-0.2, -0.15) is 4.98 Å². The van der Waals surface area contributed by atoms with Gasteiger partial charge in [-0.1, -0.05) is 36.4 Å². The molecule has 204 valence electrons. The van der Waals surface area contributed by atoms with Crippen LogP contribution in [0.2, 0.25) is 0 Å². The first-order chi connectivity index (χ1) is 17.9. The van der Waals surface area contributed by atoms with Crippen molar-refractivity contribution in [1.82, 2.24) is 14.6 Å². The van der Waals surface area contributed by atoms with E-state index in [1.807, 2.05) is 30.3 Å². The van der Waals surface area contributed by atoms with Crippen molar-refractivity contribution >= 4 is 41.0 Å². The summed E-state index contributed by atoms with van der Waals surface area (Å²) in [6, 6.07) is 13.4. The molecule has 1 fully saturated rings. The fourth-order valence-corrected chi connectivity index (χ4v) is 6.53. The Labute approximate surface area is 223 Å². The molecule has 1 aliphatic rings. The van der Waals surface area contributed by atoms with Crippen molar-refractivity contribution in [3.05, 3.63) is 65.2 Å². The van der Waals surface area contributed by atoms with Crippen LogP contribution in [-0.4, -0.2) is 63.3 Å². The highest BCUT2D eigenvalue weighted by atomic mass is 32.5. The summed E-state index contributed by atoms with van der Waals surface area (Å²) in [7, 11) is 1.25. The molecule has 1 saturated heterocycles. The fourth-order valence-electron chi connectivity index (χ4n) is 4.12. The molecule has 14 heteroatoms. The third-order valence-corrected chi connectivity index (χ3v) is 8.63. The summed E-state index contributed by atoms with van der Waals surface area (Å²) in [5.41, 5.74) is 2.90. The minimum absolute atomic E-state index is 0.00129. The van der Waals surface area contributed by atoms with Crippen LogP contribution in [0.5, 0.6) is 5.75 Å². The lowest BCUT2D eigenvalue weighted by molar-refractivity contribution is -0.142. The number of rotatable bonds is 9. The second-order valence-corrected chi connectivity index (χ2v) is 12.1. The summed E-state index contributed by atoms with van der Waals surface area (Å²) >= 11 is 5.75. The zero-order valence-corrected chi connectivity index (χ0v) is 22.6. The Hall–Kier alpha value is -2.90. The number of benzene rings is 2. The number of esters is 1. The van der Waals surface area contributed by atoms with Gasteiger partial charge in [-0.3, -0.25) is 9.36 Å². The number of carbonyl (C=O) groups is 1. The van der Waals surface area contributed by atoms with Crippen LogP contribution in [0.1, 0.15) is 20.1 Å². The average molecular weight is 565 g/mol. The smallest absolute Gasteiger partial charge is 0.351 e. The molecular weight excluding hydrogens is 535 g/mol. The van der Waals surface area contributed by atoms with Crippen LogP contribution in [0.25, 0.3) is 10.8 Å². The molecule has 6 atom stereocenters. The first kappa shape index (κ1) is 28.1. The summed E-state index contributed by atoms with van der Waals surface area (Å²) in [6.45, 7) is -0.953. The Bertz CT molecular complexity index is 1430. The largest absolute Gasteiger partial charge is 0.468 e. The molecule has 0 amide bonds. The number of aromatic nitrogens is 2. The molecule has 0 saturated carbocycles. The van der Waals surface area contributed by atoms with Gasteiger partial charge in [0.05, 0.1) is 13.7 Å². The van der Waals surface area contributed by atoms with Gasteiger partial charge in [0, 0.05) is 11.6 Å². The molecule has 1 aliphatic heterocycles. The molecule has 1 aromatic heterocycles. The predicted octanol–water partition coefficient (Wildman–Crippen LogP) is 1.46. The lowest BCUT2D eigenvalue weighted by atomic mass is 9.96. The zero-order valence-electron chi connectivity index (χ0n) is 20.9. The molecule has 3 aromatic rings. The average Bonchev–Trinajstić information content (AvgIpc) is 3.10. The molecule has 12 nitrogen and oxygen atoms in total. The zero-order chi connectivity index (χ0) is 27.7. The molecule has 0 radical (unpaired) electrons. The van der Waals surface area contributed by atoms with E-state index >= 15 is 0 Å². The monoisotopic (exact) mass is 564 g/mol. The minimum atomic E-state index is -3.49. The van der Waals surface area contributed by atoms with Gasteiger partial charge >= 0.3 is 18.3 Å². The fraction of sp³-hybridized carbons (Fsp3) is 0.375. The van der Waals surface area contributed by atoms with E-state index in [9.17, 15) is 19.8 Å². The van der Waals surface area contributed by atoms with Gasteiger partial charge in [0.25, 0.3) is 0 Å². The van der Waals surface area contributed by atoms with Gasteiger partial charge in [0.2, 0.25) is 0 Å². The third kappa shape index (κ3) is 5.74. The number of aliphatic hydroxyl groups excluding tert-OH is 1. The first-order valence-electron chi connectivity index (χ1n) is 11.6. The number of fused-ring (bicyclic) bond motifs is 1. The van der Waals surface area contributed by atoms with Crippen molar-refractivity contribution in [3.63, 3.8) is 0 Å². The number of hydrogen-bond acceptors (Lipinski definition) is 11. The van der Waals surface area contributed by atoms with Crippen LogP contribution in [0, 0.1) is 0 Å². The van der Waals surface area contributed by atoms with E-state index < -0.39 is 48.4 Å². The maximum atomic E-state index is 12.4. The highest BCUT2D eigenvalue weighted by Gasteiger charge is 2.54. The van der Waals surface area contributed by atoms with E-state index in [1.165, 1.54) is 26.3 Å².